The van der Waals surface area contributed by atoms with Crippen molar-refractivity contribution in [2.24, 2.45) is 0 Å². The van der Waals surface area contributed by atoms with Crippen LogP contribution in [0.3, 0.4) is 0 Å². The normalized spacial score (nSPS) is 15.1. The van der Waals surface area contributed by atoms with Gasteiger partial charge < -0.3 is 9.32 Å². The van der Waals surface area contributed by atoms with Gasteiger partial charge >= 0.3 is 0 Å². The highest BCUT2D eigenvalue weighted by atomic mass is 35.5. The Labute approximate surface area is 149 Å². The Morgan fingerprint density at radius 2 is 1.79 bits per heavy atom. The molecule has 0 bridgehead atoms. The minimum absolute atomic E-state index is 0. The van der Waals surface area contributed by atoms with Crippen molar-refractivity contribution in [2.45, 2.75) is 19.8 Å². The number of nitrogens with zero attached hydrogens (tertiary/aromatic N) is 2. The zero-order chi connectivity index (χ0) is 16.1. The minimum Gasteiger partial charge on any atom is -0.469 e. The average Bonchev–Trinajstić information content (AvgIpc) is 3.02. The molecule has 1 aromatic heterocycles. The van der Waals surface area contributed by atoms with Crippen LogP contribution < -0.4 is 0 Å². The van der Waals surface area contributed by atoms with E-state index in [0.717, 1.165) is 39.1 Å². The summed E-state index contributed by atoms with van der Waals surface area (Å²) in [5.74, 6) is 0.806. The molecule has 3 rings (SSSR count). The first kappa shape index (κ1) is 18.6. The van der Waals surface area contributed by atoms with Gasteiger partial charge in [-0.2, -0.15) is 0 Å². The molecule has 1 amide bonds. The molecule has 0 radical (unpaired) electrons. The number of carbonyl (C=O) groups is 1. The lowest BCUT2D eigenvalue weighted by molar-refractivity contribution is 0.0634. The second-order valence-electron chi connectivity index (χ2n) is 6.11. The topological polar surface area (TPSA) is 36.7 Å². The van der Waals surface area contributed by atoms with Crippen molar-refractivity contribution in [3.63, 3.8) is 0 Å². The van der Waals surface area contributed by atoms with E-state index in [1.54, 1.807) is 12.3 Å². The number of benzene rings is 1. The van der Waals surface area contributed by atoms with Gasteiger partial charge in [0.25, 0.3) is 5.91 Å². The van der Waals surface area contributed by atoms with Crippen LogP contribution in [0.15, 0.2) is 47.1 Å². The molecule has 4 nitrogen and oxygen atoms in total. The average molecular weight is 349 g/mol. The fourth-order valence-electron chi connectivity index (χ4n) is 3.10. The van der Waals surface area contributed by atoms with Crippen LogP contribution >= 0.6 is 12.4 Å². The zero-order valence-electron chi connectivity index (χ0n) is 14.1. The summed E-state index contributed by atoms with van der Waals surface area (Å²) >= 11 is 0. The standard InChI is InChI=1S/C19H24N2O2.ClH/c1-16-18(9-15-23-16)19(22)21-13-11-20(12-14-21)10-5-8-17-6-3-2-4-7-17;/h2-4,6-7,9,15H,5,8,10-14H2,1H3;1H. The van der Waals surface area contributed by atoms with Gasteiger partial charge in [0.05, 0.1) is 11.8 Å². The van der Waals surface area contributed by atoms with Gasteiger partial charge in [0, 0.05) is 26.2 Å². The number of carbonyl (C=O) groups excluding carboxylic acids is 1. The summed E-state index contributed by atoms with van der Waals surface area (Å²) in [4.78, 5) is 16.8. The van der Waals surface area contributed by atoms with Crippen LogP contribution in [0, 0.1) is 6.92 Å². The van der Waals surface area contributed by atoms with Gasteiger partial charge in [0.2, 0.25) is 0 Å². The van der Waals surface area contributed by atoms with Crippen LogP contribution in [-0.2, 0) is 6.42 Å². The van der Waals surface area contributed by atoms with Gasteiger partial charge in [-0.3, -0.25) is 9.69 Å². The Bertz CT molecular complexity index is 634. The molecule has 0 aliphatic carbocycles. The van der Waals surface area contributed by atoms with E-state index in [2.05, 4.69) is 35.2 Å². The molecule has 24 heavy (non-hydrogen) atoms. The SMILES string of the molecule is Cc1occc1C(=O)N1CCN(CCCc2ccccc2)CC1.Cl. The van der Waals surface area contributed by atoms with Crippen molar-refractivity contribution < 1.29 is 9.21 Å². The first-order valence-electron chi connectivity index (χ1n) is 8.33. The van der Waals surface area contributed by atoms with Crippen LogP contribution in [0.25, 0.3) is 0 Å². The summed E-state index contributed by atoms with van der Waals surface area (Å²) in [5, 5.41) is 0. The number of hydrogen-bond acceptors (Lipinski definition) is 3. The van der Waals surface area contributed by atoms with Gasteiger partial charge in [-0.15, -0.1) is 12.4 Å². The van der Waals surface area contributed by atoms with Crippen LogP contribution in [0.4, 0.5) is 0 Å². The summed E-state index contributed by atoms with van der Waals surface area (Å²) in [5.41, 5.74) is 2.10. The Morgan fingerprint density at radius 3 is 2.42 bits per heavy atom. The highest BCUT2D eigenvalue weighted by molar-refractivity contribution is 5.95. The van der Waals surface area contributed by atoms with E-state index in [9.17, 15) is 4.79 Å². The molecule has 1 aliphatic rings. The number of halogens is 1. The van der Waals surface area contributed by atoms with Crippen LogP contribution in [0.2, 0.25) is 0 Å². The first-order chi connectivity index (χ1) is 11.2. The number of furan rings is 1. The van der Waals surface area contributed by atoms with Crippen molar-refractivity contribution in [1.82, 2.24) is 9.80 Å². The number of piperazine rings is 1. The van der Waals surface area contributed by atoms with E-state index in [1.165, 1.54) is 12.0 Å². The number of hydrogen-bond donors (Lipinski definition) is 0. The predicted octanol–water partition coefficient (Wildman–Crippen LogP) is 3.40. The maximum atomic E-state index is 12.4. The Hall–Kier alpha value is -1.78. The monoisotopic (exact) mass is 348 g/mol. The molecule has 1 saturated heterocycles. The maximum absolute atomic E-state index is 12.4. The molecule has 1 aromatic carbocycles. The van der Waals surface area contributed by atoms with Crippen molar-refractivity contribution >= 4 is 18.3 Å². The molecule has 2 aromatic rings. The Morgan fingerprint density at radius 1 is 1.08 bits per heavy atom. The molecule has 0 unspecified atom stereocenters. The van der Waals surface area contributed by atoms with Gasteiger partial charge in [0.1, 0.15) is 5.76 Å². The highest BCUT2D eigenvalue weighted by Gasteiger charge is 2.23. The van der Waals surface area contributed by atoms with Crippen LogP contribution in [-0.4, -0.2) is 48.4 Å². The van der Waals surface area contributed by atoms with E-state index in [4.69, 9.17) is 4.42 Å². The fraction of sp³-hybridized carbons (Fsp3) is 0.421. The third kappa shape index (κ3) is 4.62. The summed E-state index contributed by atoms with van der Waals surface area (Å²) in [6.45, 7) is 6.45. The summed E-state index contributed by atoms with van der Waals surface area (Å²) in [6, 6.07) is 12.4. The number of rotatable bonds is 5. The smallest absolute Gasteiger partial charge is 0.257 e. The Kier molecular flexibility index (Phi) is 6.88. The summed E-state index contributed by atoms with van der Waals surface area (Å²) in [6.07, 6.45) is 3.87. The maximum Gasteiger partial charge on any atom is 0.257 e. The quantitative estimate of drug-likeness (QED) is 0.831. The van der Waals surface area contributed by atoms with Crippen molar-refractivity contribution in [1.29, 1.82) is 0 Å². The second kappa shape index (κ2) is 8.90. The first-order valence-corrected chi connectivity index (χ1v) is 8.33. The van der Waals surface area contributed by atoms with Gasteiger partial charge in [-0.25, -0.2) is 0 Å². The molecule has 0 spiro atoms. The van der Waals surface area contributed by atoms with Crippen molar-refractivity contribution in [3.05, 3.63) is 59.5 Å². The molecule has 1 aliphatic heterocycles. The molecule has 1 fully saturated rings. The van der Waals surface area contributed by atoms with Gasteiger partial charge in [-0.05, 0) is 37.9 Å². The van der Waals surface area contributed by atoms with E-state index in [-0.39, 0.29) is 18.3 Å². The highest BCUT2D eigenvalue weighted by Crippen LogP contribution is 2.14. The predicted molar refractivity (Wildman–Crippen MR) is 97.8 cm³/mol. The third-order valence-electron chi connectivity index (χ3n) is 4.53. The number of amides is 1. The lowest BCUT2D eigenvalue weighted by Gasteiger charge is -2.34. The molecule has 130 valence electrons. The molecule has 0 saturated carbocycles. The van der Waals surface area contributed by atoms with Crippen LogP contribution in [0.5, 0.6) is 0 Å². The lowest BCUT2D eigenvalue weighted by atomic mass is 10.1. The molecular formula is C19H25ClN2O2. The minimum atomic E-state index is 0. The van der Waals surface area contributed by atoms with E-state index < -0.39 is 0 Å². The zero-order valence-corrected chi connectivity index (χ0v) is 14.9. The summed E-state index contributed by atoms with van der Waals surface area (Å²) < 4.78 is 5.23. The molecule has 0 N–H and O–H groups in total. The third-order valence-corrected chi connectivity index (χ3v) is 4.53. The second-order valence-corrected chi connectivity index (χ2v) is 6.11. The van der Waals surface area contributed by atoms with E-state index >= 15 is 0 Å². The molecule has 5 heteroatoms. The van der Waals surface area contributed by atoms with Crippen LogP contribution in [0.1, 0.15) is 28.1 Å². The largest absolute Gasteiger partial charge is 0.469 e. The molecule has 2 heterocycles. The number of aryl methyl sites for hydroxylation is 2. The van der Waals surface area contributed by atoms with Crippen molar-refractivity contribution in [3.8, 4) is 0 Å². The van der Waals surface area contributed by atoms with Gasteiger partial charge in [0.15, 0.2) is 0 Å². The van der Waals surface area contributed by atoms with Gasteiger partial charge in [-0.1, -0.05) is 30.3 Å². The summed E-state index contributed by atoms with van der Waals surface area (Å²) in [7, 11) is 0. The lowest BCUT2D eigenvalue weighted by Crippen LogP contribution is -2.48. The molecular weight excluding hydrogens is 324 g/mol. The fourth-order valence-corrected chi connectivity index (χ4v) is 3.10. The molecule has 0 atom stereocenters. The van der Waals surface area contributed by atoms with E-state index in [1.807, 2.05) is 11.8 Å². The van der Waals surface area contributed by atoms with E-state index in [0.29, 0.717) is 11.3 Å². The van der Waals surface area contributed by atoms with Crippen molar-refractivity contribution in [2.75, 3.05) is 32.7 Å². The Balaban J connectivity index is 0.00000208.